The zero-order valence-electron chi connectivity index (χ0n) is 5.94. The van der Waals surface area contributed by atoms with Crippen LogP contribution >= 0.6 is 11.8 Å². The predicted molar refractivity (Wildman–Crippen MR) is 40.5 cm³/mol. The van der Waals surface area contributed by atoms with Crippen molar-refractivity contribution < 1.29 is 0 Å². The second kappa shape index (κ2) is 3.43. The molecule has 0 saturated carbocycles. The van der Waals surface area contributed by atoms with Gasteiger partial charge in [-0.2, -0.15) is 0 Å². The maximum atomic E-state index is 5.89. The molecular weight excluding hydrogens is 134 g/mol. The van der Waals surface area contributed by atoms with Gasteiger partial charge in [0.2, 0.25) is 0 Å². The molecular formula is C7H14ClN. The highest BCUT2D eigenvalue weighted by molar-refractivity contribution is 6.13. The molecule has 2 heteroatoms. The van der Waals surface area contributed by atoms with Crippen LogP contribution in [0, 0.1) is 0 Å². The standard InChI is InChI=1S/C7H14ClN/c1-2-4-7-5-3-6-9(7)8/h7H,2-6H2,1H3. The van der Waals surface area contributed by atoms with Gasteiger partial charge < -0.3 is 0 Å². The van der Waals surface area contributed by atoms with E-state index in [1.807, 2.05) is 4.42 Å². The van der Waals surface area contributed by atoms with Crippen molar-refractivity contribution in [3.8, 4) is 0 Å². The van der Waals surface area contributed by atoms with Crippen LogP contribution < -0.4 is 0 Å². The third kappa shape index (κ3) is 1.84. The van der Waals surface area contributed by atoms with Gasteiger partial charge in [0.05, 0.1) is 0 Å². The van der Waals surface area contributed by atoms with E-state index >= 15 is 0 Å². The lowest BCUT2D eigenvalue weighted by atomic mass is 10.1. The Bertz CT molecular complexity index is 85.0. The van der Waals surface area contributed by atoms with Gasteiger partial charge in [-0.15, -0.1) is 0 Å². The lowest BCUT2D eigenvalue weighted by Crippen LogP contribution is -2.18. The number of nitrogens with zero attached hydrogens (tertiary/aromatic N) is 1. The van der Waals surface area contributed by atoms with Gasteiger partial charge >= 0.3 is 0 Å². The fraction of sp³-hybridized carbons (Fsp3) is 1.00. The molecule has 0 spiro atoms. The molecule has 0 N–H and O–H groups in total. The van der Waals surface area contributed by atoms with Crippen LogP contribution in [0.2, 0.25) is 0 Å². The molecule has 1 rings (SSSR count). The smallest absolute Gasteiger partial charge is 0.0252 e. The predicted octanol–water partition coefficient (Wildman–Crippen LogP) is 2.40. The van der Waals surface area contributed by atoms with Gasteiger partial charge in [0.15, 0.2) is 0 Å². The van der Waals surface area contributed by atoms with Crippen molar-refractivity contribution in [1.29, 1.82) is 0 Å². The van der Waals surface area contributed by atoms with Gasteiger partial charge in [-0.05, 0) is 31.0 Å². The van der Waals surface area contributed by atoms with Crippen LogP contribution in [0.25, 0.3) is 0 Å². The largest absolute Gasteiger partial charge is 0.217 e. The Morgan fingerprint density at radius 3 is 2.89 bits per heavy atom. The van der Waals surface area contributed by atoms with Gasteiger partial charge in [-0.25, -0.2) is 4.42 Å². The first kappa shape index (κ1) is 7.36. The Balaban J connectivity index is 2.22. The molecule has 1 fully saturated rings. The fourth-order valence-corrected chi connectivity index (χ4v) is 1.73. The van der Waals surface area contributed by atoms with Gasteiger partial charge in [0, 0.05) is 12.6 Å². The number of hydrogen-bond donors (Lipinski definition) is 0. The summed E-state index contributed by atoms with van der Waals surface area (Å²) in [7, 11) is 0. The SMILES string of the molecule is CCCC1CCCN1Cl. The van der Waals surface area contributed by atoms with Crippen molar-refractivity contribution in [1.82, 2.24) is 4.42 Å². The van der Waals surface area contributed by atoms with Crippen LogP contribution in [-0.4, -0.2) is 17.0 Å². The lowest BCUT2D eigenvalue weighted by molar-refractivity contribution is 0.395. The minimum absolute atomic E-state index is 0.677. The maximum Gasteiger partial charge on any atom is 0.0252 e. The van der Waals surface area contributed by atoms with E-state index in [1.54, 1.807) is 0 Å². The third-order valence-electron chi connectivity index (χ3n) is 1.93. The Kier molecular flexibility index (Phi) is 2.80. The zero-order valence-corrected chi connectivity index (χ0v) is 6.69. The van der Waals surface area contributed by atoms with Crippen molar-refractivity contribution >= 4 is 11.8 Å². The van der Waals surface area contributed by atoms with Crippen LogP contribution in [0.1, 0.15) is 32.6 Å². The summed E-state index contributed by atoms with van der Waals surface area (Å²) in [4.78, 5) is 0. The van der Waals surface area contributed by atoms with Gasteiger partial charge in [-0.3, -0.25) is 0 Å². The van der Waals surface area contributed by atoms with Gasteiger partial charge in [-0.1, -0.05) is 13.3 Å². The highest BCUT2D eigenvalue weighted by Gasteiger charge is 2.20. The molecule has 1 nitrogen and oxygen atoms in total. The maximum absolute atomic E-state index is 5.89. The Hall–Kier alpha value is 0.250. The second-order valence-corrected chi connectivity index (χ2v) is 3.14. The molecule has 0 bridgehead atoms. The van der Waals surface area contributed by atoms with E-state index < -0.39 is 0 Å². The summed E-state index contributed by atoms with van der Waals surface area (Å²) in [6.45, 7) is 3.30. The molecule has 0 aromatic rings. The topological polar surface area (TPSA) is 3.24 Å². The summed E-state index contributed by atoms with van der Waals surface area (Å²) in [5.41, 5.74) is 0. The van der Waals surface area contributed by atoms with E-state index in [9.17, 15) is 0 Å². The van der Waals surface area contributed by atoms with E-state index in [-0.39, 0.29) is 0 Å². The van der Waals surface area contributed by atoms with Crippen molar-refractivity contribution in [2.24, 2.45) is 0 Å². The molecule has 1 heterocycles. The molecule has 0 aromatic carbocycles. The molecule has 0 radical (unpaired) electrons. The van der Waals surface area contributed by atoms with Gasteiger partial charge in [0.25, 0.3) is 0 Å². The number of rotatable bonds is 2. The molecule has 1 atom stereocenters. The molecule has 1 aliphatic rings. The summed E-state index contributed by atoms with van der Waals surface area (Å²) < 4.78 is 1.96. The first-order valence-corrected chi connectivity index (χ1v) is 4.11. The summed E-state index contributed by atoms with van der Waals surface area (Å²) in [5.74, 6) is 0. The molecule has 9 heavy (non-hydrogen) atoms. The normalized spacial score (nSPS) is 29.3. The monoisotopic (exact) mass is 147 g/mol. The average Bonchev–Trinajstić information content (AvgIpc) is 2.18. The first-order chi connectivity index (χ1) is 4.34. The van der Waals surface area contributed by atoms with Crippen LogP contribution in [0.5, 0.6) is 0 Å². The summed E-state index contributed by atoms with van der Waals surface area (Å²) in [6, 6.07) is 0.677. The molecule has 0 aromatic heterocycles. The van der Waals surface area contributed by atoms with Crippen LogP contribution in [0.3, 0.4) is 0 Å². The molecule has 0 amide bonds. The third-order valence-corrected chi connectivity index (χ3v) is 2.37. The van der Waals surface area contributed by atoms with Crippen LogP contribution in [0.4, 0.5) is 0 Å². The van der Waals surface area contributed by atoms with Crippen molar-refractivity contribution in [3.05, 3.63) is 0 Å². The summed E-state index contributed by atoms with van der Waals surface area (Å²) in [5, 5.41) is 0. The number of halogens is 1. The van der Waals surface area contributed by atoms with E-state index in [0.29, 0.717) is 6.04 Å². The molecule has 1 unspecified atom stereocenters. The Morgan fingerprint density at radius 1 is 1.67 bits per heavy atom. The van der Waals surface area contributed by atoms with E-state index in [0.717, 1.165) is 6.54 Å². The zero-order chi connectivity index (χ0) is 6.69. The first-order valence-electron chi connectivity index (χ1n) is 3.77. The number of hydrogen-bond acceptors (Lipinski definition) is 1. The van der Waals surface area contributed by atoms with Crippen LogP contribution in [0.15, 0.2) is 0 Å². The fourth-order valence-electron chi connectivity index (χ4n) is 1.42. The molecule has 1 saturated heterocycles. The Morgan fingerprint density at radius 2 is 2.44 bits per heavy atom. The van der Waals surface area contributed by atoms with E-state index in [2.05, 4.69) is 6.92 Å². The quantitative estimate of drug-likeness (QED) is 0.543. The van der Waals surface area contributed by atoms with Crippen LogP contribution in [-0.2, 0) is 0 Å². The van der Waals surface area contributed by atoms with Crippen molar-refractivity contribution in [2.75, 3.05) is 6.54 Å². The average molecular weight is 148 g/mol. The van der Waals surface area contributed by atoms with E-state index in [4.69, 9.17) is 11.8 Å². The Labute approximate surface area is 62.1 Å². The van der Waals surface area contributed by atoms with Gasteiger partial charge in [0.1, 0.15) is 0 Å². The lowest BCUT2D eigenvalue weighted by Gasteiger charge is -2.14. The minimum Gasteiger partial charge on any atom is -0.217 e. The molecule has 0 aliphatic carbocycles. The molecule has 1 aliphatic heterocycles. The second-order valence-electron chi connectivity index (χ2n) is 2.71. The molecule has 54 valence electrons. The highest BCUT2D eigenvalue weighted by atomic mass is 35.5. The minimum atomic E-state index is 0.677. The summed E-state index contributed by atoms with van der Waals surface area (Å²) >= 11 is 5.89. The highest BCUT2D eigenvalue weighted by Crippen LogP contribution is 2.22. The van der Waals surface area contributed by atoms with Crippen molar-refractivity contribution in [2.45, 2.75) is 38.6 Å². The summed E-state index contributed by atoms with van der Waals surface area (Å²) in [6.07, 6.45) is 5.11. The van der Waals surface area contributed by atoms with Crippen molar-refractivity contribution in [3.63, 3.8) is 0 Å². The van der Waals surface area contributed by atoms with E-state index in [1.165, 1.54) is 25.7 Å².